The Morgan fingerprint density at radius 1 is 1.23 bits per heavy atom. The molecule has 7 rings (SSSR count). The normalized spacial score (nSPS) is 23.6. The van der Waals surface area contributed by atoms with Gasteiger partial charge in [-0.3, -0.25) is 9.88 Å². The number of hydrogen-bond acceptors (Lipinski definition) is 8. The average molecular weight is 601 g/mol. The monoisotopic (exact) mass is 600 g/mol. The van der Waals surface area contributed by atoms with E-state index in [1.165, 1.54) is 30.5 Å². The van der Waals surface area contributed by atoms with Crippen LogP contribution < -0.4 is 15.0 Å². The van der Waals surface area contributed by atoms with Gasteiger partial charge in [0.15, 0.2) is 5.82 Å². The number of nitrogens with zero attached hydrogens (tertiary/aromatic N) is 5. The zero-order valence-electron chi connectivity index (χ0n) is 24.0. The van der Waals surface area contributed by atoms with Gasteiger partial charge in [0.1, 0.15) is 41.4 Å². The number of terminal acetylenes is 1. The summed E-state index contributed by atoms with van der Waals surface area (Å²) >= 11 is 0. The largest absolute Gasteiger partial charge is 0.508 e. The van der Waals surface area contributed by atoms with Gasteiger partial charge in [-0.05, 0) is 43.0 Å². The minimum Gasteiger partial charge on any atom is -0.508 e. The van der Waals surface area contributed by atoms with E-state index in [2.05, 4.69) is 32.7 Å². The van der Waals surface area contributed by atoms with Crippen molar-refractivity contribution in [2.75, 3.05) is 44.2 Å². The number of phenols is 1. The van der Waals surface area contributed by atoms with Gasteiger partial charge < -0.3 is 20.1 Å². The van der Waals surface area contributed by atoms with Crippen LogP contribution in [0.25, 0.3) is 32.9 Å². The summed E-state index contributed by atoms with van der Waals surface area (Å²) in [6.45, 7) is 7.02. The first-order valence-corrected chi connectivity index (χ1v) is 14.7. The van der Waals surface area contributed by atoms with Crippen molar-refractivity contribution in [2.24, 2.45) is 0 Å². The van der Waals surface area contributed by atoms with Crippen molar-refractivity contribution in [1.82, 2.24) is 25.2 Å². The van der Waals surface area contributed by atoms with E-state index >= 15 is 4.39 Å². The van der Waals surface area contributed by atoms with E-state index in [1.807, 2.05) is 4.90 Å². The van der Waals surface area contributed by atoms with Crippen LogP contribution in [0.2, 0.25) is 0 Å². The second-order valence-corrected chi connectivity index (χ2v) is 11.8. The minimum atomic E-state index is -0.926. The Morgan fingerprint density at radius 2 is 2.09 bits per heavy atom. The molecule has 44 heavy (non-hydrogen) atoms. The van der Waals surface area contributed by atoms with Gasteiger partial charge in [0, 0.05) is 55.8 Å². The standard InChI is InChI=1S/C33H31F3N6O2/c1-3-21-17-41(11-9-37-21)31-25-15-38-29(24-13-22(43)12-19-6-7-26(35)23(4-2)27(19)24)28(36)30(25)39-32(40-31)44-18-33-8-5-10-42(33)16-20(34)14-33/h2-3,6-7,12-13,15,20-21,37,43H,1,5,8-11,14,16-18H2/t20-,21?,33+/m1/s1. The van der Waals surface area contributed by atoms with Gasteiger partial charge in [0.05, 0.1) is 16.5 Å². The molecule has 3 atom stereocenters. The summed E-state index contributed by atoms with van der Waals surface area (Å²) < 4.78 is 52.1. The van der Waals surface area contributed by atoms with E-state index in [1.54, 1.807) is 6.08 Å². The van der Waals surface area contributed by atoms with Crippen LogP contribution in [0.15, 0.2) is 43.1 Å². The third kappa shape index (κ3) is 4.69. The van der Waals surface area contributed by atoms with E-state index in [9.17, 15) is 13.9 Å². The molecule has 5 heterocycles. The van der Waals surface area contributed by atoms with E-state index < -0.39 is 23.3 Å². The second kappa shape index (κ2) is 10.9. The van der Waals surface area contributed by atoms with Crippen molar-refractivity contribution in [2.45, 2.75) is 37.0 Å². The zero-order chi connectivity index (χ0) is 30.6. The van der Waals surface area contributed by atoms with Crippen molar-refractivity contribution in [3.05, 3.63) is 60.3 Å². The van der Waals surface area contributed by atoms with Crippen LogP contribution in [0.5, 0.6) is 11.8 Å². The fourth-order valence-electron chi connectivity index (χ4n) is 7.04. The second-order valence-electron chi connectivity index (χ2n) is 11.8. The Morgan fingerprint density at radius 3 is 2.91 bits per heavy atom. The predicted octanol–water partition coefficient (Wildman–Crippen LogP) is 4.73. The topological polar surface area (TPSA) is 86.6 Å². The molecular formula is C33H31F3N6O2. The van der Waals surface area contributed by atoms with E-state index in [0.29, 0.717) is 49.2 Å². The Hall–Kier alpha value is -4.40. The number of aromatic hydroxyl groups is 1. The minimum absolute atomic E-state index is 0.0168. The molecule has 0 radical (unpaired) electrons. The number of rotatable bonds is 6. The first-order chi connectivity index (χ1) is 21.3. The maximum atomic E-state index is 16.7. The molecular weight excluding hydrogens is 569 g/mol. The number of alkyl halides is 1. The number of hydrogen-bond donors (Lipinski definition) is 2. The number of nitrogens with one attached hydrogen (secondary N) is 1. The zero-order valence-corrected chi connectivity index (χ0v) is 24.0. The Labute approximate surface area is 252 Å². The highest BCUT2D eigenvalue weighted by Crippen LogP contribution is 2.41. The van der Waals surface area contributed by atoms with Crippen LogP contribution in [0.1, 0.15) is 24.8 Å². The van der Waals surface area contributed by atoms with Gasteiger partial charge in [0.25, 0.3) is 0 Å². The Kier molecular flexibility index (Phi) is 7.06. The molecule has 0 amide bonds. The summed E-state index contributed by atoms with van der Waals surface area (Å²) in [4.78, 5) is 17.8. The highest BCUT2D eigenvalue weighted by atomic mass is 19.1. The number of fused-ring (bicyclic) bond motifs is 3. The summed E-state index contributed by atoms with van der Waals surface area (Å²) in [5.41, 5.74) is -0.584. The number of halogens is 3. The lowest BCUT2D eigenvalue weighted by molar-refractivity contribution is 0.107. The number of piperazine rings is 1. The molecule has 2 aromatic carbocycles. The number of aromatic nitrogens is 3. The summed E-state index contributed by atoms with van der Waals surface area (Å²) in [7, 11) is 0. The molecule has 0 aliphatic carbocycles. The van der Waals surface area contributed by atoms with Gasteiger partial charge in [-0.15, -0.1) is 13.0 Å². The maximum absolute atomic E-state index is 16.7. The van der Waals surface area contributed by atoms with Crippen LogP contribution in [-0.4, -0.2) is 82.0 Å². The van der Waals surface area contributed by atoms with Crippen molar-refractivity contribution >= 4 is 27.5 Å². The molecule has 2 N–H and O–H groups in total. The Bertz CT molecular complexity index is 1840. The maximum Gasteiger partial charge on any atom is 0.319 e. The molecule has 0 saturated carbocycles. The van der Waals surface area contributed by atoms with Crippen molar-refractivity contribution in [3.63, 3.8) is 0 Å². The third-order valence-electron chi connectivity index (χ3n) is 9.11. The van der Waals surface area contributed by atoms with E-state index in [4.69, 9.17) is 16.1 Å². The van der Waals surface area contributed by atoms with E-state index in [-0.39, 0.29) is 52.1 Å². The number of pyridine rings is 1. The quantitative estimate of drug-likeness (QED) is 0.243. The Balaban J connectivity index is 1.38. The van der Waals surface area contributed by atoms with Crippen molar-refractivity contribution in [3.8, 4) is 35.4 Å². The number of benzene rings is 2. The van der Waals surface area contributed by atoms with Crippen molar-refractivity contribution in [1.29, 1.82) is 0 Å². The van der Waals surface area contributed by atoms with Crippen LogP contribution in [0, 0.1) is 24.0 Å². The molecule has 0 bridgehead atoms. The first kappa shape index (κ1) is 28.4. The number of ether oxygens (including phenoxy) is 1. The third-order valence-corrected chi connectivity index (χ3v) is 9.11. The highest BCUT2D eigenvalue weighted by molar-refractivity contribution is 6.03. The smallest absolute Gasteiger partial charge is 0.319 e. The summed E-state index contributed by atoms with van der Waals surface area (Å²) in [5.74, 6) is 1.20. The molecule has 11 heteroatoms. The predicted molar refractivity (Wildman–Crippen MR) is 163 cm³/mol. The highest BCUT2D eigenvalue weighted by Gasteiger charge is 2.49. The molecule has 4 aromatic rings. The number of phenolic OH excluding ortho intramolecular Hbond substituents is 1. The fraction of sp³-hybridized carbons (Fsp3) is 0.364. The summed E-state index contributed by atoms with van der Waals surface area (Å²) in [5, 5.41) is 14.9. The lowest BCUT2D eigenvalue weighted by Crippen LogP contribution is -2.50. The molecule has 1 unspecified atom stereocenters. The first-order valence-electron chi connectivity index (χ1n) is 14.7. The van der Waals surface area contributed by atoms with Gasteiger partial charge in [-0.25, -0.2) is 13.2 Å². The molecule has 226 valence electrons. The molecule has 3 saturated heterocycles. The van der Waals surface area contributed by atoms with E-state index in [0.717, 1.165) is 19.4 Å². The molecule has 3 aliphatic heterocycles. The van der Waals surface area contributed by atoms with Gasteiger partial charge in [0.2, 0.25) is 0 Å². The summed E-state index contributed by atoms with van der Waals surface area (Å²) in [6.07, 6.45) is 10.1. The van der Waals surface area contributed by atoms with Crippen LogP contribution in [-0.2, 0) is 0 Å². The van der Waals surface area contributed by atoms with Gasteiger partial charge in [-0.1, -0.05) is 18.1 Å². The fourth-order valence-corrected chi connectivity index (χ4v) is 7.04. The molecule has 3 aliphatic rings. The molecule has 3 fully saturated rings. The molecule has 8 nitrogen and oxygen atoms in total. The number of anilines is 1. The SMILES string of the molecule is C#Cc1c(F)ccc2cc(O)cc(-c3ncc4c(N5CCNC(C=C)C5)nc(OC[C@@]56CCCN5C[C@H](F)C6)nc4c3F)c12. The van der Waals surface area contributed by atoms with Crippen molar-refractivity contribution < 1.29 is 23.0 Å². The van der Waals surface area contributed by atoms with Crippen LogP contribution in [0.4, 0.5) is 19.0 Å². The molecule has 0 spiro atoms. The molecule has 2 aromatic heterocycles. The lowest BCUT2D eigenvalue weighted by Gasteiger charge is -2.34. The van der Waals surface area contributed by atoms with Gasteiger partial charge in [-0.2, -0.15) is 9.97 Å². The van der Waals surface area contributed by atoms with Gasteiger partial charge >= 0.3 is 6.01 Å². The lowest BCUT2D eigenvalue weighted by atomic mass is 9.95. The van der Waals surface area contributed by atoms with Crippen LogP contribution >= 0.6 is 0 Å². The average Bonchev–Trinajstić information content (AvgIpc) is 3.55. The summed E-state index contributed by atoms with van der Waals surface area (Å²) in [6, 6.07) is 5.37. The van der Waals surface area contributed by atoms with Crippen LogP contribution in [0.3, 0.4) is 0 Å².